The summed E-state index contributed by atoms with van der Waals surface area (Å²) in [6.45, 7) is 27.3. The zero-order valence-corrected chi connectivity index (χ0v) is 36.8. The molecule has 2 aromatic rings. The van der Waals surface area contributed by atoms with E-state index in [1.54, 1.807) is 76.2 Å². The van der Waals surface area contributed by atoms with Crippen LogP contribution >= 0.6 is 0 Å². The van der Waals surface area contributed by atoms with E-state index >= 15 is 0 Å². The normalized spacial score (nSPS) is 11.9. The second kappa shape index (κ2) is 32.7. The van der Waals surface area contributed by atoms with E-state index in [9.17, 15) is 30.8 Å². The van der Waals surface area contributed by atoms with Gasteiger partial charge in [-0.05, 0) is 135 Å². The van der Waals surface area contributed by atoms with Crippen molar-refractivity contribution < 1.29 is 72.9 Å². The predicted molar refractivity (Wildman–Crippen MR) is 204 cm³/mol. The molecule has 0 radical (unpaired) electrons. The van der Waals surface area contributed by atoms with Crippen LogP contribution in [0.15, 0.2) is 40.8 Å². The second-order valence-electron chi connectivity index (χ2n) is 13.6. The van der Waals surface area contributed by atoms with Gasteiger partial charge < -0.3 is 20.4 Å². The Hall–Kier alpha value is -1.69. The Kier molecular flexibility index (Phi) is 39.2. The number of rotatable bonds is 3. The summed E-state index contributed by atoms with van der Waals surface area (Å²) in [6, 6.07) is 7.37. The molecule has 0 aliphatic rings. The largest absolute Gasteiger partial charge is 0.394 e. The molecule has 0 fully saturated rings. The minimum Gasteiger partial charge on any atom is -0.394 e. The van der Waals surface area contributed by atoms with Crippen LogP contribution in [-0.4, -0.2) is 74.2 Å². The summed E-state index contributed by atoms with van der Waals surface area (Å²) in [5.74, 6) is -4.42. The topological polar surface area (TPSA) is 171 Å². The summed E-state index contributed by atoms with van der Waals surface area (Å²) in [6.07, 6.45) is -0.667. The summed E-state index contributed by atoms with van der Waals surface area (Å²) in [5.41, 5.74) is 0.0721. The van der Waals surface area contributed by atoms with Crippen molar-refractivity contribution in [2.24, 2.45) is 9.54 Å². The first-order valence-corrected chi connectivity index (χ1v) is 18.3. The average Bonchev–Trinajstić information content (AvgIpc) is 2.90. The third-order valence-corrected chi connectivity index (χ3v) is 6.71. The molecule has 0 saturated heterocycles. The number of halogens is 4. The average molecular weight is 825 g/mol. The van der Waals surface area contributed by atoms with Crippen molar-refractivity contribution in [3.8, 4) is 0 Å². The summed E-state index contributed by atoms with van der Waals surface area (Å²) >= 11 is 0. The standard InChI is InChI=1S/C12H15F2NOS.C8H6F2O.C4H11NOS.4C3H8O.Ti/c1-8(15-17(16)12(2,3)4)9-6-5-7-10(13)11(9)14;1-5(11)6-3-2-4-7(9)8(6)10;1-4(2,3)7(5)6;4*1-3(2)4;/h5-7H,1-4H3;2-4H,1H3;5H2,1-3H3;4*3-4H,1-2H3;/t17-;;7-;;;;;/m1.1...../s1. The third-order valence-electron chi connectivity index (χ3n) is 4.02. The second-order valence-corrected chi connectivity index (χ2v) is 17.3. The van der Waals surface area contributed by atoms with Gasteiger partial charge >= 0.3 is 0 Å². The molecule has 0 heterocycles. The maximum absolute atomic E-state index is 13.4. The summed E-state index contributed by atoms with van der Waals surface area (Å²) in [4.78, 5) is 10.6. The maximum Gasteiger partial charge on any atom is 0.169 e. The van der Waals surface area contributed by atoms with Crippen LogP contribution in [0.2, 0.25) is 0 Å². The number of nitrogens with zero attached hydrogens (tertiary/aromatic N) is 1. The molecule has 16 heteroatoms. The number of ketones is 1. The molecular formula is C36H64F4N2O7S2Ti. The molecule has 0 aliphatic carbocycles. The number of Topliss-reactive ketones (excluding diaryl/α,β-unsaturated/α-hetero) is 1. The fraction of sp³-hybridized carbons (Fsp3) is 0.611. The molecule has 0 unspecified atom stereocenters. The van der Waals surface area contributed by atoms with Gasteiger partial charge in [0.2, 0.25) is 0 Å². The Morgan fingerprint density at radius 2 is 0.885 bits per heavy atom. The van der Waals surface area contributed by atoms with Crippen molar-refractivity contribution in [2.75, 3.05) is 0 Å². The Bertz CT molecular complexity index is 1280. The van der Waals surface area contributed by atoms with Crippen LogP contribution in [0.4, 0.5) is 17.6 Å². The Labute approximate surface area is 330 Å². The van der Waals surface area contributed by atoms with Gasteiger partial charge in [-0.1, -0.05) is 12.1 Å². The molecule has 304 valence electrons. The van der Waals surface area contributed by atoms with Gasteiger partial charge in [0.25, 0.3) is 0 Å². The molecule has 0 saturated carbocycles. The van der Waals surface area contributed by atoms with Gasteiger partial charge in [0, 0.05) is 51.7 Å². The van der Waals surface area contributed by atoms with Gasteiger partial charge in [0.05, 0.1) is 31.8 Å². The van der Waals surface area contributed by atoms with Crippen molar-refractivity contribution in [3.05, 3.63) is 70.8 Å². The van der Waals surface area contributed by atoms with Gasteiger partial charge in [-0.3, -0.25) is 9.93 Å². The number of carbonyl (C=O) groups is 1. The predicted octanol–water partition coefficient (Wildman–Crippen LogP) is 7.36. The van der Waals surface area contributed by atoms with Crippen molar-refractivity contribution >= 4 is 33.5 Å². The van der Waals surface area contributed by atoms with E-state index in [1.165, 1.54) is 38.1 Å². The number of nitrogens with two attached hydrogens (primary N) is 1. The van der Waals surface area contributed by atoms with Crippen molar-refractivity contribution in [1.29, 1.82) is 0 Å². The Morgan fingerprint density at radius 3 is 1.10 bits per heavy atom. The molecule has 0 spiro atoms. The van der Waals surface area contributed by atoms with Crippen LogP contribution in [0.5, 0.6) is 0 Å². The summed E-state index contributed by atoms with van der Waals surface area (Å²) in [7, 11) is -2.67. The first-order chi connectivity index (χ1) is 22.7. The van der Waals surface area contributed by atoms with Crippen molar-refractivity contribution in [3.63, 3.8) is 0 Å². The van der Waals surface area contributed by atoms with E-state index < -0.39 is 55.8 Å². The van der Waals surface area contributed by atoms with Gasteiger partial charge in [0.1, 0.15) is 11.0 Å². The van der Waals surface area contributed by atoms with Crippen LogP contribution in [0.3, 0.4) is 0 Å². The number of benzene rings is 2. The Balaban J connectivity index is -0.000000131. The fourth-order valence-electron chi connectivity index (χ4n) is 1.87. The van der Waals surface area contributed by atoms with Crippen molar-refractivity contribution in [2.45, 2.75) is 145 Å². The number of carbonyl (C=O) groups excluding carboxylic acids is 1. The first kappa shape index (κ1) is 62.3. The SMILES string of the molecule is CC(=N[S@](=O)C(C)(C)C)c1cccc(F)c1F.CC(=O)c1cccc(F)c1F.CC(C)(C)[S@](N)=O.CC(C)O.CC(C)O.CC(C)O.CC(C)O.[Ti]. The maximum atomic E-state index is 13.4. The van der Waals surface area contributed by atoms with E-state index in [1.807, 2.05) is 20.8 Å². The first-order valence-electron chi connectivity index (χ1n) is 16.0. The zero-order chi connectivity index (χ0) is 42.0. The van der Waals surface area contributed by atoms with Gasteiger partial charge in [0.15, 0.2) is 29.1 Å². The van der Waals surface area contributed by atoms with E-state index in [0.29, 0.717) is 0 Å². The molecule has 0 aliphatic heterocycles. The molecule has 2 atom stereocenters. The monoisotopic (exact) mass is 824 g/mol. The molecule has 6 N–H and O–H groups in total. The third kappa shape index (κ3) is 42.7. The molecule has 52 heavy (non-hydrogen) atoms. The van der Waals surface area contributed by atoms with Gasteiger partial charge in [-0.25, -0.2) is 26.0 Å². The molecule has 0 bridgehead atoms. The number of hydrogen-bond donors (Lipinski definition) is 5. The van der Waals surface area contributed by atoms with E-state index in [4.69, 9.17) is 25.6 Å². The molecule has 0 aromatic heterocycles. The van der Waals surface area contributed by atoms with Gasteiger partial charge in [-0.15, -0.1) is 0 Å². The minimum absolute atomic E-state index is 0. The van der Waals surface area contributed by atoms with Crippen LogP contribution in [0, 0.1) is 23.3 Å². The molecule has 9 nitrogen and oxygen atoms in total. The number of aliphatic hydroxyl groups excluding tert-OH is 4. The minimum atomic E-state index is -1.48. The summed E-state index contributed by atoms with van der Waals surface area (Å²) in [5, 5.41) is 37.3. The Morgan fingerprint density at radius 1 is 0.635 bits per heavy atom. The van der Waals surface area contributed by atoms with Crippen LogP contribution < -0.4 is 5.14 Å². The molecule has 2 aromatic carbocycles. The number of aliphatic hydroxyl groups is 4. The zero-order valence-electron chi connectivity index (χ0n) is 33.6. The van der Waals surface area contributed by atoms with Crippen LogP contribution in [-0.2, 0) is 43.7 Å². The smallest absolute Gasteiger partial charge is 0.169 e. The van der Waals surface area contributed by atoms with Crippen molar-refractivity contribution in [1.82, 2.24) is 0 Å². The van der Waals surface area contributed by atoms with Crippen LogP contribution in [0.1, 0.15) is 127 Å². The number of hydrogen-bond acceptors (Lipinski definition) is 7. The van der Waals surface area contributed by atoms with E-state index in [-0.39, 0.29) is 67.7 Å². The molecular weight excluding hydrogens is 760 g/mol. The van der Waals surface area contributed by atoms with E-state index in [2.05, 4.69) is 4.40 Å². The quantitative estimate of drug-likeness (QED) is 0.0933. The van der Waals surface area contributed by atoms with Crippen LogP contribution in [0.25, 0.3) is 0 Å². The molecule has 2 rings (SSSR count). The van der Waals surface area contributed by atoms with E-state index in [0.717, 1.165) is 12.1 Å². The summed E-state index contributed by atoms with van der Waals surface area (Å²) < 4.78 is 76.8. The van der Waals surface area contributed by atoms with Gasteiger partial charge in [-0.2, -0.15) is 4.40 Å². The fourth-order valence-corrected chi connectivity index (χ4v) is 2.49. The molecule has 0 amide bonds.